The first-order chi connectivity index (χ1) is 12.1. The van der Waals surface area contributed by atoms with E-state index in [1.54, 1.807) is 13.8 Å². The van der Waals surface area contributed by atoms with Crippen molar-refractivity contribution in [2.24, 2.45) is 11.7 Å². The quantitative estimate of drug-likeness (QED) is 0.172. The Balaban J connectivity index is 5.06. The van der Waals surface area contributed by atoms with Gasteiger partial charge in [0.15, 0.2) is 0 Å². The van der Waals surface area contributed by atoms with Crippen LogP contribution in [0.3, 0.4) is 0 Å². The lowest BCUT2D eigenvalue weighted by molar-refractivity contribution is -0.143. The van der Waals surface area contributed by atoms with Gasteiger partial charge in [0.05, 0.1) is 12.6 Å². The Bertz CT molecular complexity index is 520. The topological polar surface area (TPSA) is 171 Å². The van der Waals surface area contributed by atoms with Crippen molar-refractivity contribution in [2.75, 3.05) is 18.1 Å². The molecule has 150 valence electrons. The lowest BCUT2D eigenvalue weighted by Crippen LogP contribution is -2.59. The smallest absolute Gasteiger partial charge is 0.328 e. The molecule has 0 saturated heterocycles. The summed E-state index contributed by atoms with van der Waals surface area (Å²) in [7, 11) is 0. The molecule has 12 heteroatoms. The van der Waals surface area contributed by atoms with Gasteiger partial charge < -0.3 is 31.9 Å². The monoisotopic (exact) mass is 410 g/mol. The highest BCUT2D eigenvalue weighted by Crippen LogP contribution is 2.04. The molecular weight excluding hydrogens is 384 g/mol. The maximum Gasteiger partial charge on any atom is 0.328 e. The minimum atomic E-state index is -1.49. The van der Waals surface area contributed by atoms with Crippen molar-refractivity contribution in [1.29, 1.82) is 0 Å². The summed E-state index contributed by atoms with van der Waals surface area (Å²) < 4.78 is 0. The molecule has 10 nitrogen and oxygen atoms in total. The number of aliphatic carboxylic acids is 1. The summed E-state index contributed by atoms with van der Waals surface area (Å²) in [5, 5.41) is 24.9. The van der Waals surface area contributed by atoms with Crippen molar-refractivity contribution in [2.45, 2.75) is 38.0 Å². The molecule has 0 heterocycles. The molecule has 26 heavy (non-hydrogen) atoms. The predicted octanol–water partition coefficient (Wildman–Crippen LogP) is -2.64. The summed E-state index contributed by atoms with van der Waals surface area (Å²) >= 11 is 7.90. The molecule has 0 fully saturated rings. The first kappa shape index (κ1) is 24.5. The van der Waals surface area contributed by atoms with Crippen molar-refractivity contribution < 1.29 is 29.4 Å². The summed E-state index contributed by atoms with van der Waals surface area (Å²) in [6, 6.07) is -4.51. The number of nitrogens with one attached hydrogen (secondary N) is 3. The van der Waals surface area contributed by atoms with Crippen LogP contribution >= 0.6 is 25.3 Å². The number of rotatable bonds is 11. The third kappa shape index (κ3) is 7.81. The van der Waals surface area contributed by atoms with E-state index >= 15 is 0 Å². The highest BCUT2D eigenvalue weighted by atomic mass is 32.1. The summed E-state index contributed by atoms with van der Waals surface area (Å²) in [6.45, 7) is 2.49. The van der Waals surface area contributed by atoms with Gasteiger partial charge in [-0.3, -0.25) is 14.4 Å². The third-order valence-corrected chi connectivity index (χ3v) is 4.15. The number of aliphatic hydroxyl groups excluding tert-OH is 1. The summed E-state index contributed by atoms with van der Waals surface area (Å²) in [5.74, 6) is -3.79. The maximum atomic E-state index is 12.3. The first-order valence-corrected chi connectivity index (χ1v) is 9.07. The number of hydrogen-bond acceptors (Lipinski definition) is 8. The average molecular weight is 411 g/mol. The van der Waals surface area contributed by atoms with E-state index in [1.807, 2.05) is 0 Å². The molecule has 0 aliphatic heterocycles. The van der Waals surface area contributed by atoms with E-state index in [0.717, 1.165) is 0 Å². The van der Waals surface area contributed by atoms with Gasteiger partial charge in [-0.05, 0) is 5.92 Å². The molecule has 0 aromatic rings. The zero-order valence-corrected chi connectivity index (χ0v) is 16.3. The largest absolute Gasteiger partial charge is 0.480 e. The molecule has 0 saturated carbocycles. The van der Waals surface area contributed by atoms with Gasteiger partial charge in [0.2, 0.25) is 17.7 Å². The summed E-state index contributed by atoms with van der Waals surface area (Å²) in [5.41, 5.74) is 5.53. The Labute approximate surface area is 162 Å². The van der Waals surface area contributed by atoms with Crippen molar-refractivity contribution in [1.82, 2.24) is 16.0 Å². The Morgan fingerprint density at radius 1 is 0.923 bits per heavy atom. The molecule has 0 radical (unpaired) electrons. The highest BCUT2D eigenvalue weighted by Gasteiger charge is 2.31. The molecule has 0 bridgehead atoms. The zero-order valence-electron chi connectivity index (χ0n) is 14.5. The Kier molecular flexibility index (Phi) is 11.3. The molecule has 0 aromatic carbocycles. The fourth-order valence-electron chi connectivity index (χ4n) is 1.79. The van der Waals surface area contributed by atoms with Gasteiger partial charge in [-0.1, -0.05) is 13.8 Å². The molecule has 0 rings (SSSR count). The van der Waals surface area contributed by atoms with Crippen molar-refractivity contribution in [3.8, 4) is 0 Å². The SMILES string of the molecule is CC(C)C(NC(=O)C(CS)NC(=O)C(N)CS)C(=O)NC(CO)C(=O)O. The van der Waals surface area contributed by atoms with Crippen LogP contribution < -0.4 is 21.7 Å². The number of amides is 3. The second-order valence-corrected chi connectivity index (χ2v) is 6.58. The van der Waals surface area contributed by atoms with Crippen LogP contribution in [0.1, 0.15) is 13.8 Å². The number of nitrogens with two attached hydrogens (primary N) is 1. The molecule has 0 spiro atoms. The van der Waals surface area contributed by atoms with Gasteiger partial charge in [0, 0.05) is 11.5 Å². The fraction of sp³-hybridized carbons (Fsp3) is 0.714. The number of aliphatic hydroxyl groups is 1. The minimum absolute atomic E-state index is 0.0440. The first-order valence-electron chi connectivity index (χ1n) is 7.81. The molecule has 0 aliphatic carbocycles. The number of thiol groups is 2. The number of carbonyl (C=O) groups is 4. The van der Waals surface area contributed by atoms with Crippen LogP contribution in [-0.4, -0.2) is 76.2 Å². The van der Waals surface area contributed by atoms with E-state index in [-0.39, 0.29) is 17.4 Å². The zero-order chi connectivity index (χ0) is 20.4. The maximum absolute atomic E-state index is 12.3. The fourth-order valence-corrected chi connectivity index (χ4v) is 2.21. The molecule has 0 aliphatic rings. The van der Waals surface area contributed by atoms with E-state index in [4.69, 9.17) is 15.9 Å². The van der Waals surface area contributed by atoms with E-state index in [9.17, 15) is 19.2 Å². The van der Waals surface area contributed by atoms with Crippen LogP contribution in [-0.2, 0) is 19.2 Å². The van der Waals surface area contributed by atoms with E-state index in [2.05, 4.69) is 41.2 Å². The van der Waals surface area contributed by atoms with Gasteiger partial charge in [-0.25, -0.2) is 4.79 Å². The van der Waals surface area contributed by atoms with Gasteiger partial charge in [0.25, 0.3) is 0 Å². The van der Waals surface area contributed by atoms with Crippen LogP contribution in [0.25, 0.3) is 0 Å². The molecule has 3 amide bonds. The number of carboxylic acids is 1. The number of carbonyl (C=O) groups excluding carboxylic acids is 3. The van der Waals surface area contributed by atoms with Gasteiger partial charge in [-0.15, -0.1) is 0 Å². The van der Waals surface area contributed by atoms with Crippen LogP contribution in [0.15, 0.2) is 0 Å². The van der Waals surface area contributed by atoms with Crippen LogP contribution in [0, 0.1) is 5.92 Å². The highest BCUT2D eigenvalue weighted by molar-refractivity contribution is 7.80. The van der Waals surface area contributed by atoms with Crippen LogP contribution in [0.2, 0.25) is 0 Å². The number of carboxylic acid groups (broad SMARTS) is 1. The Hall–Kier alpha value is -1.50. The van der Waals surface area contributed by atoms with Gasteiger partial charge in [-0.2, -0.15) is 25.3 Å². The number of hydrogen-bond donors (Lipinski definition) is 8. The van der Waals surface area contributed by atoms with Crippen molar-refractivity contribution in [3.05, 3.63) is 0 Å². The molecule has 4 atom stereocenters. The Morgan fingerprint density at radius 2 is 1.46 bits per heavy atom. The second-order valence-electron chi connectivity index (χ2n) is 5.85. The second kappa shape index (κ2) is 12.0. The summed E-state index contributed by atoms with van der Waals surface area (Å²) in [4.78, 5) is 47.3. The summed E-state index contributed by atoms with van der Waals surface area (Å²) in [6.07, 6.45) is 0. The molecule has 7 N–H and O–H groups in total. The van der Waals surface area contributed by atoms with E-state index < -0.39 is 54.5 Å². The van der Waals surface area contributed by atoms with Crippen LogP contribution in [0.5, 0.6) is 0 Å². The molecule has 0 aromatic heterocycles. The lowest BCUT2D eigenvalue weighted by atomic mass is 10.0. The molecular formula is C14H26N4O6S2. The van der Waals surface area contributed by atoms with E-state index in [0.29, 0.717) is 0 Å². The van der Waals surface area contributed by atoms with Crippen molar-refractivity contribution in [3.63, 3.8) is 0 Å². The third-order valence-electron chi connectivity index (χ3n) is 3.39. The normalized spacial score (nSPS) is 15.5. The predicted molar refractivity (Wildman–Crippen MR) is 101 cm³/mol. The van der Waals surface area contributed by atoms with Gasteiger partial charge >= 0.3 is 5.97 Å². The van der Waals surface area contributed by atoms with E-state index in [1.165, 1.54) is 0 Å². The molecule has 4 unspecified atom stereocenters. The lowest BCUT2D eigenvalue weighted by Gasteiger charge is -2.26. The standard InChI is InChI=1S/C14H26N4O6S2/c1-6(2)10(13(22)16-8(3-19)14(23)24)18-12(21)9(5-26)17-11(20)7(15)4-25/h6-10,19,25-26H,3-5,15H2,1-2H3,(H,16,22)(H,17,20)(H,18,21)(H,23,24). The average Bonchev–Trinajstić information content (AvgIpc) is 2.59. The van der Waals surface area contributed by atoms with Crippen LogP contribution in [0.4, 0.5) is 0 Å². The van der Waals surface area contributed by atoms with Gasteiger partial charge in [0.1, 0.15) is 18.1 Å². The Morgan fingerprint density at radius 3 is 1.85 bits per heavy atom. The van der Waals surface area contributed by atoms with Crippen molar-refractivity contribution >= 4 is 48.9 Å². The minimum Gasteiger partial charge on any atom is -0.480 e.